The lowest BCUT2D eigenvalue weighted by Crippen LogP contribution is -2.26. The predicted octanol–water partition coefficient (Wildman–Crippen LogP) is 15.5. The second-order valence-electron chi connectivity index (χ2n) is 17.5. The van der Waals surface area contributed by atoms with Crippen molar-refractivity contribution in [3.05, 3.63) is 281 Å². The van der Waals surface area contributed by atoms with Gasteiger partial charge >= 0.3 is 0 Å². The summed E-state index contributed by atoms with van der Waals surface area (Å²) >= 11 is 0. The SMILES string of the molecule is c1ccc(-c2ccc(N(c3ccc(C45c6ccccc6-c6cccc(c64)-c4ccccc45)cc3)c3ccc4c(c3)-c3ccccc3C43c4ccccc4-c4ccccc43)cc2)cc1. The van der Waals surface area contributed by atoms with E-state index < -0.39 is 0 Å². The lowest BCUT2D eigenvalue weighted by Gasteiger charge is -2.32. The van der Waals surface area contributed by atoms with Gasteiger partial charge in [-0.25, -0.2) is 0 Å². The zero-order chi connectivity index (χ0) is 41.3. The molecule has 0 bridgehead atoms. The molecule has 0 heterocycles. The van der Waals surface area contributed by atoms with Gasteiger partial charge in [0.1, 0.15) is 0 Å². The molecule has 0 N–H and O–H groups in total. The molecule has 0 atom stereocenters. The van der Waals surface area contributed by atoms with Crippen LogP contribution in [0.1, 0.15) is 44.5 Å². The number of fused-ring (bicyclic) bond motifs is 16. The van der Waals surface area contributed by atoms with Crippen molar-refractivity contribution in [3.8, 4) is 55.6 Å². The van der Waals surface area contributed by atoms with Crippen LogP contribution in [0.25, 0.3) is 55.6 Å². The molecule has 10 aromatic rings. The molecule has 63 heavy (non-hydrogen) atoms. The van der Waals surface area contributed by atoms with Crippen LogP contribution in [0.15, 0.2) is 237 Å². The van der Waals surface area contributed by atoms with Crippen molar-refractivity contribution in [3.63, 3.8) is 0 Å². The summed E-state index contributed by atoms with van der Waals surface area (Å²) in [6, 6.07) is 88.6. The van der Waals surface area contributed by atoms with Gasteiger partial charge in [-0.05, 0) is 137 Å². The average molecular weight is 798 g/mol. The molecular weight excluding hydrogens is 759 g/mol. The van der Waals surface area contributed by atoms with E-state index in [9.17, 15) is 0 Å². The Balaban J connectivity index is 0.968. The fourth-order valence-electron chi connectivity index (χ4n) is 12.3. The first-order chi connectivity index (χ1) is 31.3. The van der Waals surface area contributed by atoms with Crippen molar-refractivity contribution >= 4 is 17.1 Å². The van der Waals surface area contributed by atoms with Gasteiger partial charge in [-0.1, -0.05) is 200 Å². The van der Waals surface area contributed by atoms with Gasteiger partial charge < -0.3 is 4.90 Å². The fourth-order valence-corrected chi connectivity index (χ4v) is 12.3. The van der Waals surface area contributed by atoms with E-state index in [4.69, 9.17) is 0 Å². The molecule has 4 aliphatic rings. The van der Waals surface area contributed by atoms with Crippen molar-refractivity contribution in [2.75, 3.05) is 4.90 Å². The standard InChI is InChI=1S/C62H39N/c1-2-15-40(16-3-1)41-29-33-43(34-30-41)63(44-35-31-42(32-36-44)61-54-24-9-6-19-48(54)51-22-14-23-52(60(51)61)49-20-7-10-25-55(49)61)45-37-38-59-53(39-45)50-21-8-13-28-58(50)62(59)56-26-11-4-17-46(56)47-18-5-12-27-57(47)62/h1-39H. The summed E-state index contributed by atoms with van der Waals surface area (Å²) in [4.78, 5) is 2.45. The predicted molar refractivity (Wildman–Crippen MR) is 259 cm³/mol. The molecule has 0 radical (unpaired) electrons. The van der Waals surface area contributed by atoms with E-state index in [1.54, 1.807) is 0 Å². The molecule has 292 valence electrons. The zero-order valence-electron chi connectivity index (χ0n) is 34.5. The van der Waals surface area contributed by atoms with E-state index >= 15 is 0 Å². The minimum Gasteiger partial charge on any atom is -0.310 e. The highest BCUT2D eigenvalue weighted by Crippen LogP contribution is 2.65. The summed E-state index contributed by atoms with van der Waals surface area (Å²) in [6.07, 6.45) is 0. The van der Waals surface area contributed by atoms with Crippen molar-refractivity contribution in [1.82, 2.24) is 0 Å². The summed E-state index contributed by atoms with van der Waals surface area (Å²) in [6.45, 7) is 0. The van der Waals surface area contributed by atoms with Gasteiger partial charge in [0.25, 0.3) is 0 Å². The van der Waals surface area contributed by atoms with Crippen molar-refractivity contribution in [1.29, 1.82) is 0 Å². The van der Waals surface area contributed by atoms with E-state index in [1.165, 1.54) is 100 Å². The number of rotatable bonds is 5. The molecule has 0 aromatic heterocycles. The van der Waals surface area contributed by atoms with Crippen LogP contribution in [0, 0.1) is 0 Å². The Kier molecular flexibility index (Phi) is 7.03. The molecule has 1 spiro atoms. The maximum atomic E-state index is 2.45. The van der Waals surface area contributed by atoms with E-state index in [0.717, 1.165) is 17.1 Å². The number of nitrogens with zero attached hydrogens (tertiary/aromatic N) is 1. The van der Waals surface area contributed by atoms with Gasteiger partial charge in [0, 0.05) is 17.1 Å². The lowest BCUT2D eigenvalue weighted by molar-refractivity contribution is 0.792. The minimum atomic E-state index is -0.390. The van der Waals surface area contributed by atoms with E-state index in [0.29, 0.717) is 0 Å². The Labute approximate surface area is 367 Å². The Morgan fingerprint density at radius 3 is 1.13 bits per heavy atom. The highest BCUT2D eigenvalue weighted by molar-refractivity contribution is 6.00. The van der Waals surface area contributed by atoms with Crippen LogP contribution in [-0.4, -0.2) is 0 Å². The first-order valence-corrected chi connectivity index (χ1v) is 22.1. The van der Waals surface area contributed by atoms with Gasteiger partial charge in [0.15, 0.2) is 0 Å². The van der Waals surface area contributed by atoms with Crippen LogP contribution in [0.2, 0.25) is 0 Å². The minimum absolute atomic E-state index is 0.384. The van der Waals surface area contributed by atoms with E-state index in [1.807, 2.05) is 0 Å². The molecule has 1 heteroatoms. The first kappa shape index (κ1) is 34.7. The number of hydrogen-bond acceptors (Lipinski definition) is 1. The van der Waals surface area contributed by atoms with E-state index in [-0.39, 0.29) is 10.8 Å². The molecule has 0 saturated carbocycles. The van der Waals surface area contributed by atoms with Crippen LogP contribution in [-0.2, 0) is 10.8 Å². The molecule has 14 rings (SSSR count). The largest absolute Gasteiger partial charge is 0.310 e. The van der Waals surface area contributed by atoms with Crippen LogP contribution in [0.4, 0.5) is 17.1 Å². The first-order valence-electron chi connectivity index (χ1n) is 22.1. The normalized spacial score (nSPS) is 14.3. The Bertz CT molecular complexity index is 3390. The van der Waals surface area contributed by atoms with Gasteiger partial charge in [-0.2, -0.15) is 0 Å². The molecule has 0 amide bonds. The van der Waals surface area contributed by atoms with E-state index in [2.05, 4.69) is 241 Å². The monoisotopic (exact) mass is 797 g/mol. The smallest absolute Gasteiger partial charge is 0.0725 e. The molecule has 0 aliphatic heterocycles. The Morgan fingerprint density at radius 2 is 0.603 bits per heavy atom. The molecule has 4 aliphatic carbocycles. The number of benzene rings is 10. The van der Waals surface area contributed by atoms with Gasteiger partial charge in [-0.3, -0.25) is 0 Å². The second kappa shape index (κ2) is 12.8. The number of anilines is 3. The fraction of sp³-hybridized carbons (Fsp3) is 0.0323. The summed E-state index contributed by atoms with van der Waals surface area (Å²) in [5.41, 5.74) is 26.4. The summed E-state index contributed by atoms with van der Waals surface area (Å²) in [5.74, 6) is 0. The van der Waals surface area contributed by atoms with Crippen LogP contribution in [0.3, 0.4) is 0 Å². The quantitative estimate of drug-likeness (QED) is 0.168. The molecule has 10 aromatic carbocycles. The molecular formula is C62H39N. The summed E-state index contributed by atoms with van der Waals surface area (Å²) in [5, 5.41) is 0. The van der Waals surface area contributed by atoms with Crippen molar-refractivity contribution < 1.29 is 0 Å². The highest BCUT2D eigenvalue weighted by atomic mass is 15.1. The third kappa shape index (κ3) is 4.41. The maximum Gasteiger partial charge on any atom is 0.0725 e. The van der Waals surface area contributed by atoms with Gasteiger partial charge in [0.05, 0.1) is 10.8 Å². The molecule has 1 nitrogen and oxygen atoms in total. The molecule has 0 saturated heterocycles. The number of hydrogen-bond donors (Lipinski definition) is 0. The average Bonchev–Trinajstić information content (AvgIpc) is 4.04. The second-order valence-corrected chi connectivity index (χ2v) is 17.5. The Hall–Kier alpha value is -8.00. The van der Waals surface area contributed by atoms with Crippen molar-refractivity contribution in [2.24, 2.45) is 0 Å². The molecule has 0 fully saturated rings. The topological polar surface area (TPSA) is 3.24 Å². The van der Waals surface area contributed by atoms with Crippen LogP contribution < -0.4 is 4.90 Å². The molecule has 0 unspecified atom stereocenters. The summed E-state index contributed by atoms with van der Waals surface area (Å²) < 4.78 is 0. The van der Waals surface area contributed by atoms with Crippen LogP contribution >= 0.6 is 0 Å². The zero-order valence-corrected chi connectivity index (χ0v) is 34.5. The third-order valence-electron chi connectivity index (χ3n) is 14.7. The highest BCUT2D eigenvalue weighted by Gasteiger charge is 2.53. The summed E-state index contributed by atoms with van der Waals surface area (Å²) in [7, 11) is 0. The van der Waals surface area contributed by atoms with Gasteiger partial charge in [-0.15, -0.1) is 0 Å². The van der Waals surface area contributed by atoms with Crippen LogP contribution in [0.5, 0.6) is 0 Å². The van der Waals surface area contributed by atoms with Crippen molar-refractivity contribution in [2.45, 2.75) is 10.8 Å². The lowest BCUT2D eigenvalue weighted by atomic mass is 9.70. The third-order valence-corrected chi connectivity index (χ3v) is 14.7. The maximum absolute atomic E-state index is 2.45. The Morgan fingerprint density at radius 1 is 0.238 bits per heavy atom. The van der Waals surface area contributed by atoms with Gasteiger partial charge in [0.2, 0.25) is 0 Å².